The summed E-state index contributed by atoms with van der Waals surface area (Å²) in [7, 11) is -2.09. The number of carbonyl (C=O) groups excluding carboxylic acids is 2. The monoisotopic (exact) mass is 595 g/mol. The van der Waals surface area contributed by atoms with Crippen molar-refractivity contribution in [1.82, 2.24) is 0 Å². The third kappa shape index (κ3) is 5.85. The molecule has 0 atom stereocenters. The standard InChI is InChI=1S/C34H33N3O5S/c1-42-29-15-12-27(13-16-29)34(39)36-22-20-26-11-14-28(23-32(26)36)35-33(38)19-10-24-8-17-30(18-9-24)43(40,41)37-21-4-6-25-5-2-3-7-31(25)37/h2-3,5,7-9,11-18,23H,4,6,10,19-22H2,1H3,(H,35,38). The fraction of sp³-hybridized carbons (Fsp3) is 0.235. The number of para-hydroxylation sites is 1. The number of sulfonamides is 1. The Hall–Kier alpha value is -4.63. The first-order valence-electron chi connectivity index (χ1n) is 14.4. The summed E-state index contributed by atoms with van der Waals surface area (Å²) in [5.41, 5.74) is 5.71. The van der Waals surface area contributed by atoms with Gasteiger partial charge in [-0.25, -0.2) is 8.42 Å². The van der Waals surface area contributed by atoms with Crippen LogP contribution in [0.15, 0.2) is 95.9 Å². The molecule has 0 unspecified atom stereocenters. The summed E-state index contributed by atoms with van der Waals surface area (Å²) < 4.78 is 33.5. The van der Waals surface area contributed by atoms with E-state index >= 15 is 0 Å². The average Bonchev–Trinajstić information content (AvgIpc) is 3.46. The van der Waals surface area contributed by atoms with Crippen LogP contribution in [0.4, 0.5) is 17.1 Å². The number of hydrogen-bond acceptors (Lipinski definition) is 5. The number of nitrogens with zero attached hydrogens (tertiary/aromatic N) is 2. The van der Waals surface area contributed by atoms with E-state index < -0.39 is 10.0 Å². The zero-order chi connectivity index (χ0) is 30.0. The van der Waals surface area contributed by atoms with Crippen molar-refractivity contribution in [2.45, 2.75) is 37.0 Å². The van der Waals surface area contributed by atoms with E-state index in [0.29, 0.717) is 36.5 Å². The van der Waals surface area contributed by atoms with Gasteiger partial charge in [-0.2, -0.15) is 0 Å². The van der Waals surface area contributed by atoms with Gasteiger partial charge in [-0.05, 0) is 97.0 Å². The summed E-state index contributed by atoms with van der Waals surface area (Å²) >= 11 is 0. The van der Waals surface area contributed by atoms with E-state index in [4.69, 9.17) is 4.74 Å². The zero-order valence-corrected chi connectivity index (χ0v) is 24.8. The normalized spacial score (nSPS) is 14.2. The lowest BCUT2D eigenvalue weighted by Crippen LogP contribution is -2.35. The molecule has 8 nitrogen and oxygen atoms in total. The molecule has 0 saturated heterocycles. The van der Waals surface area contributed by atoms with Crippen LogP contribution in [-0.2, 0) is 34.1 Å². The van der Waals surface area contributed by atoms with Gasteiger partial charge in [0.25, 0.3) is 15.9 Å². The first-order chi connectivity index (χ1) is 20.8. The second kappa shape index (κ2) is 11.9. The molecule has 4 aromatic carbocycles. The second-order valence-electron chi connectivity index (χ2n) is 10.8. The Morgan fingerprint density at radius 1 is 0.837 bits per heavy atom. The van der Waals surface area contributed by atoms with Gasteiger partial charge in [-0.1, -0.05) is 36.4 Å². The molecule has 0 spiro atoms. The third-order valence-corrected chi connectivity index (χ3v) is 9.89. The summed E-state index contributed by atoms with van der Waals surface area (Å²) in [5.74, 6) is 0.431. The smallest absolute Gasteiger partial charge is 0.264 e. The number of anilines is 3. The highest BCUT2D eigenvalue weighted by atomic mass is 32.2. The third-order valence-electron chi connectivity index (χ3n) is 8.07. The van der Waals surface area contributed by atoms with Crippen LogP contribution in [-0.4, -0.2) is 40.4 Å². The van der Waals surface area contributed by atoms with E-state index in [2.05, 4.69) is 5.32 Å². The number of methoxy groups -OCH3 is 1. The predicted molar refractivity (Wildman–Crippen MR) is 168 cm³/mol. The van der Waals surface area contributed by atoms with Crippen molar-refractivity contribution >= 4 is 38.9 Å². The van der Waals surface area contributed by atoms with Crippen molar-refractivity contribution in [1.29, 1.82) is 0 Å². The Morgan fingerprint density at radius 3 is 2.35 bits per heavy atom. The molecule has 0 fully saturated rings. The van der Waals surface area contributed by atoms with Crippen LogP contribution < -0.4 is 19.3 Å². The number of amides is 2. The number of benzene rings is 4. The maximum Gasteiger partial charge on any atom is 0.264 e. The highest BCUT2D eigenvalue weighted by Gasteiger charge is 2.29. The molecule has 2 aliphatic heterocycles. The van der Waals surface area contributed by atoms with Crippen LogP contribution in [0.3, 0.4) is 0 Å². The van der Waals surface area contributed by atoms with Crippen LogP contribution >= 0.6 is 0 Å². The van der Waals surface area contributed by atoms with Crippen LogP contribution in [0, 0.1) is 0 Å². The van der Waals surface area contributed by atoms with Gasteiger partial charge >= 0.3 is 0 Å². The lowest BCUT2D eigenvalue weighted by atomic mass is 10.0. The number of hydrogen-bond donors (Lipinski definition) is 1. The molecular weight excluding hydrogens is 562 g/mol. The van der Waals surface area contributed by atoms with E-state index in [9.17, 15) is 18.0 Å². The van der Waals surface area contributed by atoms with Crippen molar-refractivity contribution < 1.29 is 22.7 Å². The second-order valence-corrected chi connectivity index (χ2v) is 12.6. The molecule has 4 aromatic rings. The molecule has 9 heteroatoms. The van der Waals surface area contributed by atoms with Crippen molar-refractivity contribution in [3.05, 3.63) is 113 Å². The number of carbonyl (C=O) groups is 2. The quantitative estimate of drug-likeness (QED) is 0.286. The van der Waals surface area contributed by atoms with Gasteiger partial charge in [-0.15, -0.1) is 0 Å². The van der Waals surface area contributed by atoms with Crippen molar-refractivity contribution in [2.75, 3.05) is 34.7 Å². The van der Waals surface area contributed by atoms with Crippen LogP contribution in [0.2, 0.25) is 0 Å². The Balaban J connectivity index is 1.08. The topological polar surface area (TPSA) is 96.0 Å². The van der Waals surface area contributed by atoms with Crippen LogP contribution in [0.5, 0.6) is 5.75 Å². The maximum absolute atomic E-state index is 13.4. The van der Waals surface area contributed by atoms with Gasteiger partial charge in [0.1, 0.15) is 5.75 Å². The molecular formula is C34H33N3O5S. The van der Waals surface area contributed by atoms with E-state index in [1.807, 2.05) is 42.5 Å². The number of rotatable bonds is 8. The minimum Gasteiger partial charge on any atom is -0.497 e. The number of ether oxygens (including phenoxy) is 1. The largest absolute Gasteiger partial charge is 0.497 e. The molecule has 2 heterocycles. The van der Waals surface area contributed by atoms with E-state index in [1.54, 1.807) is 60.5 Å². The highest BCUT2D eigenvalue weighted by molar-refractivity contribution is 7.92. The fourth-order valence-corrected chi connectivity index (χ4v) is 7.28. The first-order valence-corrected chi connectivity index (χ1v) is 15.9. The first kappa shape index (κ1) is 28.5. The van der Waals surface area contributed by atoms with Gasteiger partial charge < -0.3 is 15.0 Å². The van der Waals surface area contributed by atoms with Gasteiger partial charge in [0.15, 0.2) is 0 Å². The molecule has 2 aliphatic rings. The summed E-state index contributed by atoms with van der Waals surface area (Å²) in [6, 6.07) is 27.1. The Morgan fingerprint density at radius 2 is 1.58 bits per heavy atom. The van der Waals surface area contributed by atoms with E-state index in [1.165, 1.54) is 4.31 Å². The molecule has 0 aliphatic carbocycles. The number of nitrogens with one attached hydrogen (secondary N) is 1. The summed E-state index contributed by atoms with van der Waals surface area (Å²) in [5, 5.41) is 2.95. The number of aryl methyl sites for hydroxylation is 2. The van der Waals surface area contributed by atoms with E-state index in [0.717, 1.165) is 47.3 Å². The van der Waals surface area contributed by atoms with Gasteiger partial charge in [0.2, 0.25) is 5.91 Å². The molecule has 1 N–H and O–H groups in total. The minimum atomic E-state index is -3.68. The Bertz CT molecular complexity index is 1770. The summed E-state index contributed by atoms with van der Waals surface area (Å²) in [4.78, 5) is 28.0. The lowest BCUT2D eigenvalue weighted by molar-refractivity contribution is -0.116. The molecule has 0 aromatic heterocycles. The molecule has 0 saturated carbocycles. The SMILES string of the molecule is COc1ccc(C(=O)N2CCc3ccc(NC(=O)CCc4ccc(S(=O)(=O)N5CCCc6ccccc65)cc4)cc32)cc1. The van der Waals surface area contributed by atoms with E-state index in [-0.39, 0.29) is 23.1 Å². The maximum atomic E-state index is 13.4. The fourth-order valence-electron chi connectivity index (χ4n) is 5.74. The molecule has 0 bridgehead atoms. The van der Waals surface area contributed by atoms with Crippen LogP contribution in [0.1, 0.15) is 39.9 Å². The molecule has 220 valence electrons. The molecule has 2 amide bonds. The van der Waals surface area contributed by atoms with Gasteiger partial charge in [0, 0.05) is 36.4 Å². The van der Waals surface area contributed by atoms with Gasteiger partial charge in [0.05, 0.1) is 17.7 Å². The highest BCUT2D eigenvalue weighted by Crippen LogP contribution is 2.33. The van der Waals surface area contributed by atoms with Crippen molar-refractivity contribution in [3.63, 3.8) is 0 Å². The minimum absolute atomic E-state index is 0.0974. The molecule has 6 rings (SSSR count). The zero-order valence-electron chi connectivity index (χ0n) is 24.0. The predicted octanol–water partition coefficient (Wildman–Crippen LogP) is 5.61. The summed E-state index contributed by atoms with van der Waals surface area (Å²) in [6.45, 7) is 1.03. The van der Waals surface area contributed by atoms with Gasteiger partial charge in [-0.3, -0.25) is 13.9 Å². The number of fused-ring (bicyclic) bond motifs is 2. The van der Waals surface area contributed by atoms with Crippen LogP contribution in [0.25, 0.3) is 0 Å². The molecule has 0 radical (unpaired) electrons. The lowest BCUT2D eigenvalue weighted by Gasteiger charge is -2.30. The van der Waals surface area contributed by atoms with Crippen molar-refractivity contribution in [2.24, 2.45) is 0 Å². The molecule has 43 heavy (non-hydrogen) atoms. The summed E-state index contributed by atoms with van der Waals surface area (Å²) in [6.07, 6.45) is 3.10. The van der Waals surface area contributed by atoms with Crippen molar-refractivity contribution in [3.8, 4) is 5.75 Å². The Kier molecular flexibility index (Phi) is 7.90. The average molecular weight is 596 g/mol. The Labute approximate surface area is 252 Å².